The van der Waals surface area contributed by atoms with E-state index in [0.29, 0.717) is 0 Å². The third kappa shape index (κ3) is 3.18. The SMILES string of the molecule is CN(CO)CC1CCOCC1. The summed E-state index contributed by atoms with van der Waals surface area (Å²) in [5, 5.41) is 8.76. The Bertz CT molecular complexity index is 102. The van der Waals surface area contributed by atoms with E-state index in [9.17, 15) is 0 Å². The fraction of sp³-hybridized carbons (Fsp3) is 1.00. The number of rotatable bonds is 3. The molecule has 0 aliphatic carbocycles. The zero-order valence-electron chi connectivity index (χ0n) is 7.12. The van der Waals surface area contributed by atoms with Gasteiger partial charge >= 0.3 is 0 Å². The van der Waals surface area contributed by atoms with Crippen molar-refractivity contribution in [2.45, 2.75) is 12.8 Å². The van der Waals surface area contributed by atoms with Crippen LogP contribution in [0, 0.1) is 5.92 Å². The van der Waals surface area contributed by atoms with E-state index in [1.165, 1.54) is 0 Å². The van der Waals surface area contributed by atoms with Crippen LogP contribution in [0.25, 0.3) is 0 Å². The second-order valence-electron chi connectivity index (χ2n) is 3.24. The largest absolute Gasteiger partial charge is 0.381 e. The molecule has 1 fully saturated rings. The molecule has 0 atom stereocenters. The summed E-state index contributed by atoms with van der Waals surface area (Å²) in [4.78, 5) is 1.94. The van der Waals surface area contributed by atoms with Crippen molar-refractivity contribution in [3.8, 4) is 0 Å². The van der Waals surface area contributed by atoms with Crippen LogP contribution in [-0.4, -0.2) is 43.5 Å². The molecule has 0 aromatic carbocycles. The van der Waals surface area contributed by atoms with E-state index >= 15 is 0 Å². The summed E-state index contributed by atoms with van der Waals surface area (Å²) in [6.07, 6.45) is 2.29. The van der Waals surface area contributed by atoms with Gasteiger partial charge in [0.2, 0.25) is 0 Å². The van der Waals surface area contributed by atoms with Gasteiger partial charge in [-0.1, -0.05) is 0 Å². The maximum Gasteiger partial charge on any atom is 0.0954 e. The number of hydrogen-bond donors (Lipinski definition) is 1. The van der Waals surface area contributed by atoms with Gasteiger partial charge in [-0.3, -0.25) is 4.90 Å². The maximum atomic E-state index is 8.76. The van der Waals surface area contributed by atoms with Crippen LogP contribution < -0.4 is 0 Å². The number of nitrogens with zero attached hydrogens (tertiary/aromatic N) is 1. The second-order valence-corrected chi connectivity index (χ2v) is 3.24. The summed E-state index contributed by atoms with van der Waals surface area (Å²) in [5.41, 5.74) is 0. The first-order valence-corrected chi connectivity index (χ1v) is 4.20. The van der Waals surface area contributed by atoms with E-state index in [1.807, 2.05) is 11.9 Å². The predicted molar refractivity (Wildman–Crippen MR) is 43.3 cm³/mol. The Morgan fingerprint density at radius 3 is 2.64 bits per heavy atom. The van der Waals surface area contributed by atoms with Gasteiger partial charge in [0, 0.05) is 19.8 Å². The smallest absolute Gasteiger partial charge is 0.0954 e. The molecular formula is C8H17NO2. The molecule has 1 saturated heterocycles. The van der Waals surface area contributed by atoms with Crippen molar-refractivity contribution in [3.63, 3.8) is 0 Å². The van der Waals surface area contributed by atoms with Crippen molar-refractivity contribution < 1.29 is 9.84 Å². The molecule has 0 radical (unpaired) electrons. The number of aliphatic hydroxyl groups excluding tert-OH is 1. The lowest BCUT2D eigenvalue weighted by Gasteiger charge is -2.25. The van der Waals surface area contributed by atoms with Crippen LogP contribution in [0.1, 0.15) is 12.8 Å². The van der Waals surface area contributed by atoms with Crippen LogP contribution in [0.4, 0.5) is 0 Å². The molecule has 0 spiro atoms. The van der Waals surface area contributed by atoms with Crippen molar-refractivity contribution in [3.05, 3.63) is 0 Å². The average Bonchev–Trinajstić information content (AvgIpc) is 2.06. The van der Waals surface area contributed by atoms with Gasteiger partial charge in [0.15, 0.2) is 0 Å². The molecule has 0 unspecified atom stereocenters. The van der Waals surface area contributed by atoms with Gasteiger partial charge in [-0.25, -0.2) is 0 Å². The van der Waals surface area contributed by atoms with E-state index in [0.717, 1.165) is 38.5 Å². The maximum absolute atomic E-state index is 8.76. The van der Waals surface area contributed by atoms with Crippen molar-refractivity contribution >= 4 is 0 Å². The molecule has 0 aromatic rings. The van der Waals surface area contributed by atoms with Gasteiger partial charge < -0.3 is 9.84 Å². The lowest BCUT2D eigenvalue weighted by molar-refractivity contribution is 0.0411. The molecular weight excluding hydrogens is 142 g/mol. The molecule has 3 heteroatoms. The molecule has 66 valence electrons. The van der Waals surface area contributed by atoms with E-state index < -0.39 is 0 Å². The highest BCUT2D eigenvalue weighted by Gasteiger charge is 2.14. The summed E-state index contributed by atoms with van der Waals surface area (Å²) in [5.74, 6) is 0.723. The minimum absolute atomic E-state index is 0.164. The molecule has 1 aliphatic heterocycles. The highest BCUT2D eigenvalue weighted by Crippen LogP contribution is 2.14. The monoisotopic (exact) mass is 159 g/mol. The molecule has 11 heavy (non-hydrogen) atoms. The van der Waals surface area contributed by atoms with Crippen LogP contribution in [0.2, 0.25) is 0 Å². The highest BCUT2D eigenvalue weighted by atomic mass is 16.5. The van der Waals surface area contributed by atoms with Crippen LogP contribution in [-0.2, 0) is 4.74 Å². The standard InChI is InChI=1S/C8H17NO2/c1-9(7-10)6-8-2-4-11-5-3-8/h8,10H,2-7H2,1H3. The lowest BCUT2D eigenvalue weighted by atomic mass is 10.0. The molecule has 1 aliphatic rings. The van der Waals surface area contributed by atoms with E-state index in [4.69, 9.17) is 9.84 Å². The Labute approximate surface area is 68.0 Å². The lowest BCUT2D eigenvalue weighted by Crippen LogP contribution is -2.30. The Morgan fingerprint density at radius 1 is 1.45 bits per heavy atom. The summed E-state index contributed by atoms with van der Waals surface area (Å²) in [6.45, 7) is 2.95. The van der Waals surface area contributed by atoms with Gasteiger partial charge in [0.25, 0.3) is 0 Å². The summed E-state index contributed by atoms with van der Waals surface area (Å²) < 4.78 is 5.23. The second kappa shape index (κ2) is 4.70. The minimum Gasteiger partial charge on any atom is -0.381 e. The van der Waals surface area contributed by atoms with Crippen molar-refractivity contribution in [2.24, 2.45) is 5.92 Å². The average molecular weight is 159 g/mol. The normalized spacial score (nSPS) is 21.0. The Hall–Kier alpha value is -0.120. The quantitative estimate of drug-likeness (QED) is 0.601. The number of ether oxygens (including phenoxy) is 1. The van der Waals surface area contributed by atoms with Gasteiger partial charge in [-0.2, -0.15) is 0 Å². The van der Waals surface area contributed by atoms with E-state index in [-0.39, 0.29) is 6.73 Å². The van der Waals surface area contributed by atoms with E-state index in [1.54, 1.807) is 0 Å². The molecule has 1 rings (SSSR count). The number of hydrogen-bond acceptors (Lipinski definition) is 3. The summed E-state index contributed by atoms with van der Waals surface area (Å²) in [7, 11) is 1.94. The van der Waals surface area contributed by atoms with Gasteiger partial charge in [-0.05, 0) is 25.8 Å². The first kappa shape index (κ1) is 8.97. The van der Waals surface area contributed by atoms with Crippen molar-refractivity contribution in [2.75, 3.05) is 33.5 Å². The van der Waals surface area contributed by atoms with Crippen LogP contribution in [0.3, 0.4) is 0 Å². The van der Waals surface area contributed by atoms with E-state index in [2.05, 4.69) is 0 Å². The molecule has 3 nitrogen and oxygen atoms in total. The zero-order valence-corrected chi connectivity index (χ0v) is 7.12. The predicted octanol–water partition coefficient (Wildman–Crippen LogP) is 0.295. The first-order valence-electron chi connectivity index (χ1n) is 4.20. The van der Waals surface area contributed by atoms with Crippen LogP contribution >= 0.6 is 0 Å². The minimum atomic E-state index is 0.164. The molecule has 0 amide bonds. The zero-order chi connectivity index (χ0) is 8.10. The Kier molecular flexibility index (Phi) is 3.83. The van der Waals surface area contributed by atoms with Crippen LogP contribution in [0.15, 0.2) is 0 Å². The van der Waals surface area contributed by atoms with Crippen LogP contribution in [0.5, 0.6) is 0 Å². The third-order valence-corrected chi connectivity index (χ3v) is 2.15. The van der Waals surface area contributed by atoms with Gasteiger partial charge in [0.05, 0.1) is 6.73 Å². The summed E-state index contributed by atoms with van der Waals surface area (Å²) >= 11 is 0. The number of aliphatic hydroxyl groups is 1. The molecule has 1 N–H and O–H groups in total. The highest BCUT2D eigenvalue weighted by molar-refractivity contribution is 4.65. The summed E-state index contributed by atoms with van der Waals surface area (Å²) in [6, 6.07) is 0. The fourth-order valence-corrected chi connectivity index (χ4v) is 1.43. The molecule has 0 aromatic heterocycles. The van der Waals surface area contributed by atoms with Gasteiger partial charge in [-0.15, -0.1) is 0 Å². The van der Waals surface area contributed by atoms with Crippen molar-refractivity contribution in [1.29, 1.82) is 0 Å². The third-order valence-electron chi connectivity index (χ3n) is 2.15. The molecule has 0 saturated carbocycles. The molecule has 0 bridgehead atoms. The Balaban J connectivity index is 2.13. The fourth-order valence-electron chi connectivity index (χ4n) is 1.43. The first-order chi connectivity index (χ1) is 5.33. The Morgan fingerprint density at radius 2 is 2.09 bits per heavy atom. The molecule has 1 heterocycles. The topological polar surface area (TPSA) is 32.7 Å². The van der Waals surface area contributed by atoms with Crippen molar-refractivity contribution in [1.82, 2.24) is 4.90 Å². The van der Waals surface area contributed by atoms with Gasteiger partial charge in [0.1, 0.15) is 0 Å².